The zero-order chi connectivity index (χ0) is 17.4. The van der Waals surface area contributed by atoms with Gasteiger partial charge in [0.2, 0.25) is 5.91 Å². The fourth-order valence-electron chi connectivity index (χ4n) is 2.13. The molecular formula is C19H22ClNO2S. The Labute approximate surface area is 152 Å². The number of benzene rings is 2. The second kappa shape index (κ2) is 9.60. The van der Waals surface area contributed by atoms with Crippen LogP contribution in [0.5, 0.6) is 5.75 Å². The number of hydrogen-bond acceptors (Lipinski definition) is 3. The van der Waals surface area contributed by atoms with Crippen LogP contribution in [-0.2, 0) is 10.5 Å². The number of carbonyl (C=O) groups is 1. The van der Waals surface area contributed by atoms with Crippen LogP contribution in [0.25, 0.3) is 0 Å². The van der Waals surface area contributed by atoms with Crippen molar-refractivity contribution in [3.8, 4) is 5.75 Å². The molecule has 2 aromatic rings. The Bertz CT molecular complexity index is 661. The van der Waals surface area contributed by atoms with Gasteiger partial charge in [-0.15, -0.1) is 11.8 Å². The van der Waals surface area contributed by atoms with Crippen LogP contribution in [0.1, 0.15) is 18.1 Å². The molecule has 0 aliphatic heterocycles. The second-order valence-electron chi connectivity index (χ2n) is 5.66. The highest BCUT2D eigenvalue weighted by molar-refractivity contribution is 7.99. The van der Waals surface area contributed by atoms with Gasteiger partial charge in [0, 0.05) is 10.8 Å². The topological polar surface area (TPSA) is 38.3 Å². The van der Waals surface area contributed by atoms with E-state index in [-0.39, 0.29) is 11.9 Å². The molecule has 2 rings (SSSR count). The summed E-state index contributed by atoms with van der Waals surface area (Å²) >= 11 is 7.44. The third-order valence-corrected chi connectivity index (χ3v) is 4.66. The van der Waals surface area contributed by atoms with E-state index < -0.39 is 0 Å². The number of thioether (sulfide) groups is 1. The summed E-state index contributed by atoms with van der Waals surface area (Å²) in [5, 5.41) is 3.68. The summed E-state index contributed by atoms with van der Waals surface area (Å²) in [6.07, 6.45) is 0. The Morgan fingerprint density at radius 1 is 1.21 bits per heavy atom. The first kappa shape index (κ1) is 18.7. The Kier molecular flexibility index (Phi) is 7.47. The van der Waals surface area contributed by atoms with Gasteiger partial charge in [-0.05, 0) is 43.2 Å². The van der Waals surface area contributed by atoms with Crippen molar-refractivity contribution >= 4 is 29.3 Å². The zero-order valence-electron chi connectivity index (χ0n) is 13.9. The van der Waals surface area contributed by atoms with Gasteiger partial charge in [-0.25, -0.2) is 0 Å². The molecule has 1 atom stereocenters. The van der Waals surface area contributed by atoms with Crippen molar-refractivity contribution < 1.29 is 9.53 Å². The summed E-state index contributed by atoms with van der Waals surface area (Å²) < 4.78 is 5.75. The maximum atomic E-state index is 12.0. The van der Waals surface area contributed by atoms with E-state index in [1.165, 1.54) is 0 Å². The highest BCUT2D eigenvalue weighted by Crippen LogP contribution is 2.17. The molecule has 3 nitrogen and oxygen atoms in total. The summed E-state index contributed by atoms with van der Waals surface area (Å²) in [4.78, 5) is 12.0. The molecule has 1 amide bonds. The molecule has 2 aromatic carbocycles. The summed E-state index contributed by atoms with van der Waals surface area (Å²) in [6.45, 7) is 4.41. The number of amides is 1. The van der Waals surface area contributed by atoms with Crippen molar-refractivity contribution in [2.45, 2.75) is 25.6 Å². The van der Waals surface area contributed by atoms with E-state index in [0.717, 1.165) is 27.7 Å². The third kappa shape index (κ3) is 6.46. The first-order valence-electron chi connectivity index (χ1n) is 7.84. The molecule has 1 N–H and O–H groups in total. The van der Waals surface area contributed by atoms with Crippen molar-refractivity contribution in [3.63, 3.8) is 0 Å². The minimum Gasteiger partial charge on any atom is -0.491 e. The molecule has 0 saturated carbocycles. The first-order chi connectivity index (χ1) is 11.5. The van der Waals surface area contributed by atoms with Gasteiger partial charge in [0.05, 0.1) is 11.8 Å². The minimum absolute atomic E-state index is 0.0230. The molecule has 128 valence electrons. The fraction of sp³-hybridized carbons (Fsp3) is 0.316. The van der Waals surface area contributed by atoms with Crippen LogP contribution >= 0.6 is 23.4 Å². The van der Waals surface area contributed by atoms with E-state index in [2.05, 4.69) is 5.32 Å². The predicted octanol–water partition coefficient (Wildman–Crippen LogP) is 4.47. The van der Waals surface area contributed by atoms with Crippen LogP contribution in [0.4, 0.5) is 0 Å². The van der Waals surface area contributed by atoms with E-state index in [9.17, 15) is 4.79 Å². The Hall–Kier alpha value is -1.65. The molecule has 24 heavy (non-hydrogen) atoms. The number of para-hydroxylation sites is 1. The molecule has 5 heteroatoms. The van der Waals surface area contributed by atoms with Crippen LogP contribution in [0.3, 0.4) is 0 Å². The average molecular weight is 364 g/mol. The monoisotopic (exact) mass is 363 g/mol. The number of hydrogen-bond donors (Lipinski definition) is 1. The first-order valence-corrected chi connectivity index (χ1v) is 9.38. The van der Waals surface area contributed by atoms with Crippen LogP contribution < -0.4 is 10.1 Å². The van der Waals surface area contributed by atoms with Gasteiger partial charge < -0.3 is 10.1 Å². The van der Waals surface area contributed by atoms with Crippen LogP contribution in [0.2, 0.25) is 5.02 Å². The van der Waals surface area contributed by atoms with Gasteiger partial charge in [-0.3, -0.25) is 4.79 Å². The number of ether oxygens (including phenoxy) is 1. The number of carbonyl (C=O) groups excluding carboxylic acids is 1. The van der Waals surface area contributed by atoms with Gasteiger partial charge in [-0.2, -0.15) is 0 Å². The summed E-state index contributed by atoms with van der Waals surface area (Å²) in [5.74, 6) is 2.10. The Balaban J connectivity index is 1.66. The van der Waals surface area contributed by atoms with Crippen molar-refractivity contribution in [2.24, 2.45) is 0 Å². The lowest BCUT2D eigenvalue weighted by Gasteiger charge is -2.16. The molecule has 0 heterocycles. The molecule has 0 aliphatic rings. The maximum Gasteiger partial charge on any atom is 0.230 e. The van der Waals surface area contributed by atoms with E-state index in [0.29, 0.717) is 12.4 Å². The van der Waals surface area contributed by atoms with E-state index in [1.807, 2.05) is 62.4 Å². The lowest BCUT2D eigenvalue weighted by atomic mass is 10.2. The lowest BCUT2D eigenvalue weighted by Crippen LogP contribution is -2.37. The van der Waals surface area contributed by atoms with Crippen molar-refractivity contribution in [3.05, 3.63) is 64.7 Å². The van der Waals surface area contributed by atoms with E-state index in [1.54, 1.807) is 11.8 Å². The molecule has 0 aliphatic carbocycles. The highest BCUT2D eigenvalue weighted by atomic mass is 35.5. The van der Waals surface area contributed by atoms with Gasteiger partial charge in [0.1, 0.15) is 12.4 Å². The van der Waals surface area contributed by atoms with Crippen LogP contribution in [0, 0.1) is 6.92 Å². The SMILES string of the molecule is Cc1ccccc1OC[C@H](C)NC(=O)CSCc1ccc(Cl)cc1. The number of nitrogens with one attached hydrogen (secondary N) is 1. The minimum atomic E-state index is -0.0340. The van der Waals surface area contributed by atoms with E-state index in [4.69, 9.17) is 16.3 Å². The summed E-state index contributed by atoms with van der Waals surface area (Å²) in [5.41, 5.74) is 2.25. The summed E-state index contributed by atoms with van der Waals surface area (Å²) in [6, 6.07) is 15.5. The second-order valence-corrected chi connectivity index (χ2v) is 7.09. The van der Waals surface area contributed by atoms with Crippen molar-refractivity contribution in [1.82, 2.24) is 5.32 Å². The number of halogens is 1. The number of aryl methyl sites for hydroxylation is 1. The molecular weight excluding hydrogens is 342 g/mol. The maximum absolute atomic E-state index is 12.0. The van der Waals surface area contributed by atoms with Gasteiger partial charge >= 0.3 is 0 Å². The van der Waals surface area contributed by atoms with Gasteiger partial charge in [0.15, 0.2) is 0 Å². The standard InChI is InChI=1S/C19H22ClNO2S/c1-14-5-3-4-6-18(14)23-11-15(2)21-19(22)13-24-12-16-7-9-17(20)10-8-16/h3-10,15H,11-13H2,1-2H3,(H,21,22)/t15-/m0/s1. The van der Waals surface area contributed by atoms with Crippen molar-refractivity contribution in [1.29, 1.82) is 0 Å². The molecule has 0 aromatic heterocycles. The van der Waals surface area contributed by atoms with Gasteiger partial charge in [0.25, 0.3) is 0 Å². The normalized spacial score (nSPS) is 11.8. The fourth-order valence-corrected chi connectivity index (χ4v) is 3.06. The highest BCUT2D eigenvalue weighted by Gasteiger charge is 2.09. The third-order valence-electron chi connectivity index (χ3n) is 3.40. The van der Waals surface area contributed by atoms with E-state index >= 15 is 0 Å². The quantitative estimate of drug-likeness (QED) is 0.752. The molecule has 0 bridgehead atoms. The lowest BCUT2D eigenvalue weighted by molar-refractivity contribution is -0.119. The Morgan fingerprint density at radius 3 is 2.62 bits per heavy atom. The van der Waals surface area contributed by atoms with Crippen LogP contribution in [-0.4, -0.2) is 24.3 Å². The van der Waals surface area contributed by atoms with Gasteiger partial charge in [-0.1, -0.05) is 41.9 Å². The zero-order valence-corrected chi connectivity index (χ0v) is 15.5. The summed E-state index contributed by atoms with van der Waals surface area (Å²) in [7, 11) is 0. The van der Waals surface area contributed by atoms with Crippen molar-refractivity contribution in [2.75, 3.05) is 12.4 Å². The molecule has 0 saturated heterocycles. The Morgan fingerprint density at radius 2 is 1.92 bits per heavy atom. The molecule has 0 fully saturated rings. The predicted molar refractivity (Wildman–Crippen MR) is 102 cm³/mol. The largest absolute Gasteiger partial charge is 0.491 e. The molecule has 0 spiro atoms. The smallest absolute Gasteiger partial charge is 0.230 e. The molecule has 0 radical (unpaired) electrons. The average Bonchev–Trinajstić information content (AvgIpc) is 2.56. The molecule has 0 unspecified atom stereocenters. The van der Waals surface area contributed by atoms with Crippen LogP contribution in [0.15, 0.2) is 48.5 Å². The number of rotatable bonds is 8.